The lowest BCUT2D eigenvalue weighted by Crippen LogP contribution is -2.45. The van der Waals surface area contributed by atoms with E-state index in [9.17, 15) is 4.39 Å². The smallest absolute Gasteiger partial charge is 0.137 e. The first-order valence-electron chi connectivity index (χ1n) is 6.69. The van der Waals surface area contributed by atoms with E-state index >= 15 is 0 Å². The van der Waals surface area contributed by atoms with Crippen LogP contribution in [0.4, 0.5) is 4.39 Å². The van der Waals surface area contributed by atoms with Crippen LogP contribution in [0, 0.1) is 5.82 Å². The predicted octanol–water partition coefficient (Wildman–Crippen LogP) is 3.64. The standard InChI is InChI=1S/C15H16BrFN2S/c16-12-4-3-11(10-13(12)17)15(14-2-1-9-20-14)19-7-5-18-6-8-19/h1-4,9-10,15,18H,5-8H2/t15-/m0/s1. The molecular weight excluding hydrogens is 339 g/mol. The Labute approximate surface area is 130 Å². The minimum absolute atomic E-state index is 0.152. The molecular formula is C15H16BrFN2S. The molecule has 106 valence electrons. The average molecular weight is 355 g/mol. The van der Waals surface area contributed by atoms with Crippen molar-refractivity contribution in [2.45, 2.75) is 6.04 Å². The number of hydrogen-bond acceptors (Lipinski definition) is 3. The lowest BCUT2D eigenvalue weighted by Gasteiger charge is -2.34. The number of halogens is 2. The van der Waals surface area contributed by atoms with E-state index in [4.69, 9.17) is 0 Å². The van der Waals surface area contributed by atoms with Gasteiger partial charge in [0.15, 0.2) is 0 Å². The summed E-state index contributed by atoms with van der Waals surface area (Å²) in [7, 11) is 0. The maximum absolute atomic E-state index is 13.9. The lowest BCUT2D eigenvalue weighted by atomic mass is 10.0. The highest BCUT2D eigenvalue weighted by atomic mass is 79.9. The monoisotopic (exact) mass is 354 g/mol. The van der Waals surface area contributed by atoms with E-state index in [-0.39, 0.29) is 11.9 Å². The Bertz CT molecular complexity index is 567. The summed E-state index contributed by atoms with van der Waals surface area (Å²) in [6.45, 7) is 3.95. The fraction of sp³-hybridized carbons (Fsp3) is 0.333. The van der Waals surface area contributed by atoms with Gasteiger partial charge < -0.3 is 5.32 Å². The fourth-order valence-corrected chi connectivity index (χ4v) is 3.76. The van der Waals surface area contributed by atoms with E-state index in [1.807, 2.05) is 6.07 Å². The fourth-order valence-electron chi connectivity index (χ4n) is 2.62. The molecule has 0 amide bonds. The highest BCUT2D eigenvalue weighted by Gasteiger charge is 2.25. The third kappa shape index (κ3) is 2.96. The van der Waals surface area contributed by atoms with Crippen LogP contribution in [-0.2, 0) is 0 Å². The molecule has 0 radical (unpaired) electrons. The first kappa shape index (κ1) is 14.2. The molecule has 5 heteroatoms. The van der Waals surface area contributed by atoms with E-state index in [0.29, 0.717) is 4.47 Å². The minimum atomic E-state index is -0.195. The molecule has 0 unspecified atom stereocenters. The van der Waals surface area contributed by atoms with Gasteiger partial charge >= 0.3 is 0 Å². The van der Waals surface area contributed by atoms with Crippen molar-refractivity contribution in [3.05, 3.63) is 56.4 Å². The number of hydrogen-bond donors (Lipinski definition) is 1. The van der Waals surface area contributed by atoms with E-state index in [2.05, 4.69) is 43.7 Å². The van der Waals surface area contributed by atoms with E-state index < -0.39 is 0 Å². The molecule has 1 aromatic carbocycles. The summed E-state index contributed by atoms with van der Waals surface area (Å²) >= 11 is 4.96. The largest absolute Gasteiger partial charge is 0.314 e. The molecule has 1 N–H and O–H groups in total. The van der Waals surface area contributed by atoms with Crippen LogP contribution in [0.25, 0.3) is 0 Å². The van der Waals surface area contributed by atoms with Gasteiger partial charge in [-0.05, 0) is 45.1 Å². The highest BCUT2D eigenvalue weighted by Crippen LogP contribution is 2.33. The van der Waals surface area contributed by atoms with Crippen LogP contribution in [-0.4, -0.2) is 31.1 Å². The zero-order valence-corrected chi connectivity index (χ0v) is 13.4. The second-order valence-corrected chi connectivity index (χ2v) is 6.71. The van der Waals surface area contributed by atoms with Crippen molar-refractivity contribution in [3.63, 3.8) is 0 Å². The van der Waals surface area contributed by atoms with Gasteiger partial charge in [0.2, 0.25) is 0 Å². The highest BCUT2D eigenvalue weighted by molar-refractivity contribution is 9.10. The van der Waals surface area contributed by atoms with Gasteiger partial charge in [0.05, 0.1) is 10.5 Å². The molecule has 0 bridgehead atoms. The first-order valence-corrected chi connectivity index (χ1v) is 8.36. The summed E-state index contributed by atoms with van der Waals surface area (Å²) in [5, 5.41) is 5.45. The van der Waals surface area contributed by atoms with Crippen LogP contribution in [0.15, 0.2) is 40.2 Å². The van der Waals surface area contributed by atoms with Crippen LogP contribution in [0.2, 0.25) is 0 Å². The maximum Gasteiger partial charge on any atom is 0.137 e. The van der Waals surface area contributed by atoms with Gasteiger partial charge in [0.25, 0.3) is 0 Å². The molecule has 2 aromatic rings. The van der Waals surface area contributed by atoms with Crippen LogP contribution in [0.3, 0.4) is 0 Å². The number of rotatable bonds is 3. The number of piperazine rings is 1. The average Bonchev–Trinajstić information content (AvgIpc) is 2.98. The van der Waals surface area contributed by atoms with Gasteiger partial charge in [0, 0.05) is 31.1 Å². The van der Waals surface area contributed by atoms with Gasteiger partial charge in [-0.25, -0.2) is 4.39 Å². The molecule has 20 heavy (non-hydrogen) atoms. The van der Waals surface area contributed by atoms with Crippen molar-refractivity contribution in [2.75, 3.05) is 26.2 Å². The molecule has 0 spiro atoms. The van der Waals surface area contributed by atoms with Crippen LogP contribution in [0.1, 0.15) is 16.5 Å². The van der Waals surface area contributed by atoms with E-state index in [0.717, 1.165) is 31.7 Å². The Hall–Kier alpha value is -0.750. The Kier molecular flexibility index (Phi) is 4.51. The molecule has 1 aromatic heterocycles. The van der Waals surface area contributed by atoms with Crippen molar-refractivity contribution >= 4 is 27.3 Å². The summed E-state index contributed by atoms with van der Waals surface area (Å²) in [4.78, 5) is 3.69. The summed E-state index contributed by atoms with van der Waals surface area (Å²) in [5.41, 5.74) is 1.02. The Balaban J connectivity index is 1.98. The molecule has 0 aliphatic carbocycles. The molecule has 1 aliphatic rings. The quantitative estimate of drug-likeness (QED) is 0.904. The normalized spacial score (nSPS) is 18.1. The predicted molar refractivity (Wildman–Crippen MR) is 84.7 cm³/mol. The SMILES string of the molecule is Fc1cc([C@@H](c2cccs2)N2CCNCC2)ccc1Br. The number of thiophene rings is 1. The van der Waals surface area contributed by atoms with E-state index in [1.54, 1.807) is 23.5 Å². The van der Waals surface area contributed by atoms with E-state index in [1.165, 1.54) is 4.88 Å². The topological polar surface area (TPSA) is 15.3 Å². The van der Waals surface area contributed by atoms with Crippen molar-refractivity contribution in [1.29, 1.82) is 0 Å². The second-order valence-electron chi connectivity index (χ2n) is 4.88. The molecule has 2 heterocycles. The Morgan fingerprint density at radius 2 is 2.05 bits per heavy atom. The van der Waals surface area contributed by atoms with Crippen molar-refractivity contribution in [1.82, 2.24) is 10.2 Å². The second kappa shape index (κ2) is 6.35. The minimum Gasteiger partial charge on any atom is -0.314 e. The van der Waals surface area contributed by atoms with Crippen molar-refractivity contribution in [2.24, 2.45) is 0 Å². The maximum atomic E-state index is 13.9. The third-order valence-corrected chi connectivity index (χ3v) is 5.16. The lowest BCUT2D eigenvalue weighted by molar-refractivity contribution is 0.200. The van der Waals surface area contributed by atoms with Crippen LogP contribution >= 0.6 is 27.3 Å². The molecule has 1 aliphatic heterocycles. The Morgan fingerprint density at radius 3 is 2.70 bits per heavy atom. The zero-order chi connectivity index (χ0) is 13.9. The van der Waals surface area contributed by atoms with Crippen LogP contribution in [0.5, 0.6) is 0 Å². The summed E-state index contributed by atoms with van der Waals surface area (Å²) in [6, 6.07) is 9.81. The van der Waals surface area contributed by atoms with Crippen molar-refractivity contribution < 1.29 is 4.39 Å². The molecule has 1 atom stereocenters. The Morgan fingerprint density at radius 1 is 1.25 bits per heavy atom. The third-order valence-electron chi connectivity index (χ3n) is 3.59. The van der Waals surface area contributed by atoms with Gasteiger partial charge in [-0.15, -0.1) is 11.3 Å². The van der Waals surface area contributed by atoms with Gasteiger partial charge in [-0.3, -0.25) is 4.90 Å². The van der Waals surface area contributed by atoms with Gasteiger partial charge in [0.1, 0.15) is 5.82 Å². The number of benzene rings is 1. The van der Waals surface area contributed by atoms with Crippen LogP contribution < -0.4 is 5.32 Å². The van der Waals surface area contributed by atoms with Gasteiger partial charge in [-0.1, -0.05) is 12.1 Å². The summed E-state index contributed by atoms with van der Waals surface area (Å²) in [6.07, 6.45) is 0. The van der Waals surface area contributed by atoms with Gasteiger partial charge in [-0.2, -0.15) is 0 Å². The summed E-state index contributed by atoms with van der Waals surface area (Å²) in [5.74, 6) is -0.195. The first-order chi connectivity index (χ1) is 9.75. The molecule has 1 fully saturated rings. The number of nitrogens with one attached hydrogen (secondary N) is 1. The molecule has 1 saturated heterocycles. The van der Waals surface area contributed by atoms with Crippen molar-refractivity contribution in [3.8, 4) is 0 Å². The summed E-state index contributed by atoms with van der Waals surface area (Å²) < 4.78 is 14.4. The molecule has 0 saturated carbocycles. The molecule has 3 rings (SSSR count). The molecule has 2 nitrogen and oxygen atoms in total. The number of nitrogens with zero attached hydrogens (tertiary/aromatic N) is 1. The zero-order valence-electron chi connectivity index (χ0n) is 11.0.